The van der Waals surface area contributed by atoms with Gasteiger partial charge in [-0.3, -0.25) is 0 Å². The summed E-state index contributed by atoms with van der Waals surface area (Å²) in [6.07, 6.45) is 1.19. The van der Waals surface area contributed by atoms with Crippen LogP contribution in [0, 0.1) is 26.7 Å². The second-order valence-electron chi connectivity index (χ2n) is 5.94. The first kappa shape index (κ1) is 15.2. The van der Waals surface area contributed by atoms with Crippen LogP contribution in [0.15, 0.2) is 12.1 Å². The fourth-order valence-electron chi connectivity index (χ4n) is 2.64. The lowest BCUT2D eigenvalue weighted by atomic mass is 9.94. The van der Waals surface area contributed by atoms with Gasteiger partial charge in [-0.15, -0.1) is 0 Å². The van der Waals surface area contributed by atoms with Crippen molar-refractivity contribution in [3.8, 4) is 0 Å². The summed E-state index contributed by atoms with van der Waals surface area (Å²) in [6.45, 7) is 15.7. The van der Waals surface area contributed by atoms with E-state index in [4.69, 9.17) is 0 Å². The molecule has 2 unspecified atom stereocenters. The molecule has 0 heterocycles. The van der Waals surface area contributed by atoms with E-state index in [2.05, 4.69) is 65.9 Å². The third-order valence-corrected chi connectivity index (χ3v) is 4.06. The summed E-state index contributed by atoms with van der Waals surface area (Å²) >= 11 is 0. The topological polar surface area (TPSA) is 12.0 Å². The molecular weight excluding hydrogens is 218 g/mol. The van der Waals surface area contributed by atoms with E-state index in [0.717, 1.165) is 0 Å². The zero-order valence-electron chi connectivity index (χ0n) is 13.1. The summed E-state index contributed by atoms with van der Waals surface area (Å²) in [5.41, 5.74) is 5.62. The Morgan fingerprint density at radius 2 is 1.50 bits per heavy atom. The molecule has 0 bridgehead atoms. The molecule has 1 nitrogen and oxygen atoms in total. The van der Waals surface area contributed by atoms with E-state index in [1.54, 1.807) is 0 Å². The van der Waals surface area contributed by atoms with Crippen molar-refractivity contribution in [1.29, 1.82) is 0 Å². The highest BCUT2D eigenvalue weighted by molar-refractivity contribution is 5.38. The van der Waals surface area contributed by atoms with Gasteiger partial charge in [-0.1, -0.05) is 32.9 Å². The molecule has 0 aliphatic carbocycles. The molecule has 0 saturated heterocycles. The lowest BCUT2D eigenvalue weighted by Gasteiger charge is -2.27. The van der Waals surface area contributed by atoms with Gasteiger partial charge in [0.05, 0.1) is 0 Å². The van der Waals surface area contributed by atoms with Crippen molar-refractivity contribution in [2.24, 2.45) is 5.92 Å². The van der Waals surface area contributed by atoms with Crippen LogP contribution in [0.5, 0.6) is 0 Å². The number of aryl methyl sites for hydroxylation is 3. The predicted molar refractivity (Wildman–Crippen MR) is 81.1 cm³/mol. The molecule has 0 aromatic heterocycles. The molecule has 0 radical (unpaired) electrons. The Hall–Kier alpha value is -0.820. The third-order valence-electron chi connectivity index (χ3n) is 4.06. The first-order chi connectivity index (χ1) is 8.36. The van der Waals surface area contributed by atoms with Crippen molar-refractivity contribution in [2.75, 3.05) is 0 Å². The molecule has 1 aromatic carbocycles. The van der Waals surface area contributed by atoms with Crippen LogP contribution in [0.25, 0.3) is 0 Å². The first-order valence-corrected chi connectivity index (χ1v) is 7.20. The Morgan fingerprint density at radius 1 is 0.944 bits per heavy atom. The third kappa shape index (κ3) is 3.58. The normalized spacial score (nSPS) is 14.9. The van der Waals surface area contributed by atoms with Gasteiger partial charge in [0, 0.05) is 12.1 Å². The van der Waals surface area contributed by atoms with Gasteiger partial charge < -0.3 is 5.32 Å². The van der Waals surface area contributed by atoms with E-state index in [9.17, 15) is 0 Å². The number of nitrogens with one attached hydrogen (secondary N) is 1. The highest BCUT2D eigenvalue weighted by atomic mass is 14.9. The van der Waals surface area contributed by atoms with Gasteiger partial charge in [0.2, 0.25) is 0 Å². The van der Waals surface area contributed by atoms with Gasteiger partial charge >= 0.3 is 0 Å². The fourth-order valence-corrected chi connectivity index (χ4v) is 2.64. The highest BCUT2D eigenvalue weighted by Gasteiger charge is 2.16. The molecule has 102 valence electrons. The Balaban J connectivity index is 2.90. The minimum absolute atomic E-state index is 0.427. The van der Waals surface area contributed by atoms with E-state index in [1.807, 2.05) is 0 Å². The van der Waals surface area contributed by atoms with E-state index in [1.165, 1.54) is 28.7 Å². The predicted octanol–water partition coefficient (Wildman–Crippen LogP) is 4.70. The van der Waals surface area contributed by atoms with Gasteiger partial charge in [-0.05, 0) is 62.3 Å². The zero-order chi connectivity index (χ0) is 13.9. The van der Waals surface area contributed by atoms with Crippen LogP contribution in [0.2, 0.25) is 0 Å². The van der Waals surface area contributed by atoms with E-state index < -0.39 is 0 Å². The SMILES string of the molecule is CCC(NC(C)c1cc(C)c(C)cc1C)C(C)C. The molecule has 18 heavy (non-hydrogen) atoms. The van der Waals surface area contributed by atoms with Crippen LogP contribution in [0.4, 0.5) is 0 Å². The van der Waals surface area contributed by atoms with Gasteiger partial charge in [0.1, 0.15) is 0 Å². The van der Waals surface area contributed by atoms with Gasteiger partial charge in [0.25, 0.3) is 0 Å². The second-order valence-corrected chi connectivity index (χ2v) is 5.94. The molecule has 0 aliphatic heterocycles. The minimum Gasteiger partial charge on any atom is -0.307 e. The maximum atomic E-state index is 3.77. The van der Waals surface area contributed by atoms with Crippen molar-refractivity contribution >= 4 is 0 Å². The van der Waals surface area contributed by atoms with Crippen LogP contribution in [0.3, 0.4) is 0 Å². The molecule has 0 spiro atoms. The smallest absolute Gasteiger partial charge is 0.0297 e. The number of rotatable bonds is 5. The molecule has 0 amide bonds. The zero-order valence-corrected chi connectivity index (χ0v) is 13.1. The quantitative estimate of drug-likeness (QED) is 0.795. The highest BCUT2D eigenvalue weighted by Crippen LogP contribution is 2.23. The van der Waals surface area contributed by atoms with Crippen molar-refractivity contribution in [1.82, 2.24) is 5.32 Å². The maximum absolute atomic E-state index is 3.77. The molecule has 2 atom stereocenters. The van der Waals surface area contributed by atoms with Crippen molar-refractivity contribution in [2.45, 2.75) is 67.0 Å². The number of benzene rings is 1. The summed E-state index contributed by atoms with van der Waals surface area (Å²) in [7, 11) is 0. The van der Waals surface area contributed by atoms with Crippen LogP contribution in [-0.2, 0) is 0 Å². The summed E-state index contributed by atoms with van der Waals surface area (Å²) < 4.78 is 0. The van der Waals surface area contributed by atoms with Gasteiger partial charge in [-0.2, -0.15) is 0 Å². The summed E-state index contributed by atoms with van der Waals surface area (Å²) in [6, 6.07) is 5.67. The summed E-state index contributed by atoms with van der Waals surface area (Å²) in [4.78, 5) is 0. The summed E-state index contributed by atoms with van der Waals surface area (Å²) in [5, 5.41) is 3.77. The monoisotopic (exact) mass is 247 g/mol. The van der Waals surface area contributed by atoms with Crippen LogP contribution in [0.1, 0.15) is 62.4 Å². The molecule has 0 aliphatic rings. The van der Waals surface area contributed by atoms with Crippen LogP contribution >= 0.6 is 0 Å². The van der Waals surface area contributed by atoms with Crippen molar-refractivity contribution in [3.63, 3.8) is 0 Å². The summed E-state index contributed by atoms with van der Waals surface area (Å²) in [5.74, 6) is 0.685. The maximum Gasteiger partial charge on any atom is 0.0297 e. The first-order valence-electron chi connectivity index (χ1n) is 7.20. The lowest BCUT2D eigenvalue weighted by Crippen LogP contribution is -2.35. The molecule has 0 saturated carbocycles. The standard InChI is InChI=1S/C17H29N/c1-8-17(11(2)3)18-15(7)16-10-13(5)12(4)9-14(16)6/h9-11,15,17-18H,8H2,1-7H3. The Labute approximate surface area is 113 Å². The van der Waals surface area contributed by atoms with Gasteiger partial charge in [0.15, 0.2) is 0 Å². The second kappa shape index (κ2) is 6.38. The molecule has 1 heteroatoms. The minimum atomic E-state index is 0.427. The molecule has 0 fully saturated rings. The molecule has 1 rings (SSSR count). The van der Waals surface area contributed by atoms with E-state index in [-0.39, 0.29) is 0 Å². The van der Waals surface area contributed by atoms with Crippen LogP contribution in [-0.4, -0.2) is 6.04 Å². The molecule has 1 N–H and O–H groups in total. The largest absolute Gasteiger partial charge is 0.307 e. The lowest BCUT2D eigenvalue weighted by molar-refractivity contribution is 0.355. The number of hydrogen-bond acceptors (Lipinski definition) is 1. The molecule has 1 aromatic rings. The molecular formula is C17H29N. The average molecular weight is 247 g/mol. The van der Waals surface area contributed by atoms with Gasteiger partial charge in [-0.25, -0.2) is 0 Å². The number of hydrogen-bond donors (Lipinski definition) is 1. The fraction of sp³-hybridized carbons (Fsp3) is 0.647. The van der Waals surface area contributed by atoms with E-state index >= 15 is 0 Å². The van der Waals surface area contributed by atoms with Crippen molar-refractivity contribution in [3.05, 3.63) is 34.4 Å². The Kier molecular flexibility index (Phi) is 5.40. The Morgan fingerprint density at radius 3 is 2.00 bits per heavy atom. The van der Waals surface area contributed by atoms with E-state index in [0.29, 0.717) is 18.0 Å². The van der Waals surface area contributed by atoms with Crippen molar-refractivity contribution < 1.29 is 0 Å². The average Bonchev–Trinajstić information content (AvgIpc) is 2.29. The van der Waals surface area contributed by atoms with Crippen LogP contribution < -0.4 is 5.32 Å². The Bertz CT molecular complexity index is 393.